The molecule has 0 saturated carbocycles. The van der Waals surface area contributed by atoms with E-state index in [0.717, 1.165) is 11.3 Å². The Kier molecular flexibility index (Phi) is 0.605. The van der Waals surface area contributed by atoms with E-state index in [1.54, 1.807) is 6.20 Å². The largest absolute Gasteiger partial charge is 0.397 e. The highest BCUT2D eigenvalue weighted by Gasteiger charge is 2.32. The first-order valence-corrected chi connectivity index (χ1v) is 2.80. The van der Waals surface area contributed by atoms with Gasteiger partial charge in [-0.1, -0.05) is 6.08 Å². The molecule has 0 fully saturated rings. The monoisotopic (exact) mass is 121 g/mol. The Labute approximate surface area is 52.7 Å². The minimum absolute atomic E-state index is 0.273. The standard InChI is InChI=1S/C6H7N3/c7-5-2-9-6(8)4-1-3(4)5/h1-2,4H,7H2,(H2,8,9)/t4-/m0/s1. The number of hydrogen-bond acceptors (Lipinski definition) is 3. The zero-order chi connectivity index (χ0) is 6.43. The highest BCUT2D eigenvalue weighted by Crippen LogP contribution is 2.35. The molecule has 0 spiro atoms. The van der Waals surface area contributed by atoms with Gasteiger partial charge >= 0.3 is 0 Å². The molecule has 3 nitrogen and oxygen atoms in total. The molecule has 2 aliphatic rings. The highest BCUT2D eigenvalue weighted by molar-refractivity contribution is 5.94. The van der Waals surface area contributed by atoms with Gasteiger partial charge in [-0.3, -0.25) is 0 Å². The summed E-state index contributed by atoms with van der Waals surface area (Å²) in [6.07, 6.45) is 3.61. The minimum Gasteiger partial charge on any atom is -0.397 e. The molecule has 1 aliphatic carbocycles. The van der Waals surface area contributed by atoms with Crippen LogP contribution in [0.3, 0.4) is 0 Å². The number of nitrogens with zero attached hydrogens (tertiary/aromatic N) is 1. The van der Waals surface area contributed by atoms with Gasteiger partial charge in [-0.15, -0.1) is 0 Å². The van der Waals surface area contributed by atoms with E-state index in [0.29, 0.717) is 5.84 Å². The summed E-state index contributed by atoms with van der Waals surface area (Å²) in [6, 6.07) is 0. The lowest BCUT2D eigenvalue weighted by atomic mass is 10.2. The van der Waals surface area contributed by atoms with Crippen LogP contribution in [-0.2, 0) is 0 Å². The average Bonchev–Trinajstić information content (AvgIpc) is 2.57. The number of amidine groups is 1. The second kappa shape index (κ2) is 1.18. The predicted octanol–water partition coefficient (Wildman–Crippen LogP) is -0.286. The number of hydrogen-bond donors (Lipinski definition) is 2. The second-order valence-corrected chi connectivity index (χ2v) is 2.24. The summed E-state index contributed by atoms with van der Waals surface area (Å²) >= 11 is 0. The fourth-order valence-electron chi connectivity index (χ4n) is 0.951. The minimum atomic E-state index is 0.273. The molecule has 46 valence electrons. The van der Waals surface area contributed by atoms with E-state index in [9.17, 15) is 0 Å². The van der Waals surface area contributed by atoms with Gasteiger partial charge in [-0.05, 0) is 5.57 Å². The maximum atomic E-state index is 5.51. The Morgan fingerprint density at radius 3 is 2.89 bits per heavy atom. The van der Waals surface area contributed by atoms with Gasteiger partial charge in [0.15, 0.2) is 0 Å². The third-order valence-electron chi connectivity index (χ3n) is 1.58. The van der Waals surface area contributed by atoms with E-state index in [2.05, 4.69) is 4.99 Å². The molecule has 0 aromatic carbocycles. The summed E-state index contributed by atoms with van der Waals surface area (Å²) in [7, 11) is 0. The second-order valence-electron chi connectivity index (χ2n) is 2.24. The van der Waals surface area contributed by atoms with Gasteiger partial charge in [-0.2, -0.15) is 0 Å². The van der Waals surface area contributed by atoms with Gasteiger partial charge in [0.1, 0.15) is 5.84 Å². The van der Waals surface area contributed by atoms with Crippen molar-refractivity contribution in [3.05, 3.63) is 23.5 Å². The van der Waals surface area contributed by atoms with E-state index < -0.39 is 0 Å². The van der Waals surface area contributed by atoms with Crippen LogP contribution in [-0.4, -0.2) is 5.84 Å². The number of aliphatic imine (C=N–C) groups is 1. The van der Waals surface area contributed by atoms with Crippen LogP contribution in [0.1, 0.15) is 0 Å². The van der Waals surface area contributed by atoms with Crippen LogP contribution in [0.4, 0.5) is 0 Å². The smallest absolute Gasteiger partial charge is 0.110 e. The van der Waals surface area contributed by atoms with Crippen molar-refractivity contribution in [3.8, 4) is 0 Å². The van der Waals surface area contributed by atoms with Crippen molar-refractivity contribution < 1.29 is 0 Å². The molecule has 4 N–H and O–H groups in total. The first kappa shape index (κ1) is 4.61. The molecule has 1 heterocycles. The molecule has 2 rings (SSSR count). The molecule has 0 unspecified atom stereocenters. The molecule has 3 heteroatoms. The number of fused-ring (bicyclic) bond motifs is 1. The van der Waals surface area contributed by atoms with Crippen molar-refractivity contribution in [1.82, 2.24) is 0 Å². The lowest BCUT2D eigenvalue weighted by Gasteiger charge is -2.03. The zero-order valence-electron chi connectivity index (χ0n) is 4.83. The molecule has 0 aromatic heterocycles. The normalized spacial score (nSPS) is 29.8. The van der Waals surface area contributed by atoms with Crippen molar-refractivity contribution in [2.75, 3.05) is 0 Å². The zero-order valence-corrected chi connectivity index (χ0v) is 4.83. The van der Waals surface area contributed by atoms with Crippen LogP contribution < -0.4 is 11.5 Å². The number of rotatable bonds is 0. The van der Waals surface area contributed by atoms with E-state index in [-0.39, 0.29) is 5.92 Å². The first-order chi connectivity index (χ1) is 4.29. The van der Waals surface area contributed by atoms with Crippen LogP contribution >= 0.6 is 0 Å². The fourth-order valence-corrected chi connectivity index (χ4v) is 0.951. The summed E-state index contributed by atoms with van der Waals surface area (Å²) in [4.78, 5) is 3.89. The van der Waals surface area contributed by atoms with Crippen LogP contribution in [0.25, 0.3) is 0 Å². The lowest BCUT2D eigenvalue weighted by Crippen LogP contribution is -2.19. The fraction of sp³-hybridized carbons (Fsp3) is 0.167. The maximum Gasteiger partial charge on any atom is 0.110 e. The maximum absolute atomic E-state index is 5.51. The van der Waals surface area contributed by atoms with Crippen LogP contribution in [0.5, 0.6) is 0 Å². The van der Waals surface area contributed by atoms with Crippen LogP contribution in [0, 0.1) is 5.92 Å². The summed E-state index contributed by atoms with van der Waals surface area (Å²) in [5, 5.41) is 0. The van der Waals surface area contributed by atoms with Gasteiger partial charge in [0.2, 0.25) is 0 Å². The average molecular weight is 121 g/mol. The number of allylic oxidation sites excluding steroid dienone is 1. The Hall–Kier alpha value is -1.25. The molecule has 0 amide bonds. The van der Waals surface area contributed by atoms with E-state index in [1.165, 1.54) is 0 Å². The van der Waals surface area contributed by atoms with Crippen molar-refractivity contribution in [2.45, 2.75) is 0 Å². The molecular weight excluding hydrogens is 114 g/mol. The van der Waals surface area contributed by atoms with E-state index in [4.69, 9.17) is 11.5 Å². The summed E-state index contributed by atoms with van der Waals surface area (Å²) < 4.78 is 0. The van der Waals surface area contributed by atoms with Gasteiger partial charge in [0.25, 0.3) is 0 Å². The van der Waals surface area contributed by atoms with Gasteiger partial charge in [0.05, 0.1) is 17.8 Å². The SMILES string of the molecule is NC1=CN=C(N)[C@H]2C=C12. The predicted molar refractivity (Wildman–Crippen MR) is 35.5 cm³/mol. The van der Waals surface area contributed by atoms with Gasteiger partial charge < -0.3 is 11.5 Å². The Bertz CT molecular complexity index is 247. The van der Waals surface area contributed by atoms with E-state index >= 15 is 0 Å². The highest BCUT2D eigenvalue weighted by atomic mass is 14.9. The molecular formula is C6H7N3. The molecule has 9 heavy (non-hydrogen) atoms. The molecule has 0 saturated heterocycles. The van der Waals surface area contributed by atoms with Crippen LogP contribution in [0.2, 0.25) is 0 Å². The first-order valence-electron chi connectivity index (χ1n) is 2.80. The van der Waals surface area contributed by atoms with Crippen LogP contribution in [0.15, 0.2) is 28.5 Å². The summed E-state index contributed by atoms with van der Waals surface area (Å²) in [6.45, 7) is 0. The summed E-state index contributed by atoms with van der Waals surface area (Å²) in [5.74, 6) is 0.939. The molecule has 0 radical (unpaired) electrons. The van der Waals surface area contributed by atoms with Crippen molar-refractivity contribution in [1.29, 1.82) is 0 Å². The van der Waals surface area contributed by atoms with Crippen molar-refractivity contribution in [3.63, 3.8) is 0 Å². The van der Waals surface area contributed by atoms with E-state index in [1.807, 2.05) is 6.08 Å². The Balaban J connectivity index is 2.40. The third-order valence-corrected chi connectivity index (χ3v) is 1.58. The van der Waals surface area contributed by atoms with Gasteiger partial charge in [0, 0.05) is 0 Å². The molecule has 1 aliphatic heterocycles. The lowest BCUT2D eigenvalue weighted by molar-refractivity contribution is 1.13. The quantitative estimate of drug-likeness (QED) is 0.462. The molecule has 0 aromatic rings. The Morgan fingerprint density at radius 2 is 2.22 bits per heavy atom. The topological polar surface area (TPSA) is 64.4 Å². The molecule has 0 bridgehead atoms. The third kappa shape index (κ3) is 0.483. The summed E-state index contributed by atoms with van der Waals surface area (Å²) in [5.41, 5.74) is 12.9. The van der Waals surface area contributed by atoms with Gasteiger partial charge in [-0.25, -0.2) is 4.99 Å². The number of nitrogens with two attached hydrogens (primary N) is 2. The molecule has 1 atom stereocenters. The van der Waals surface area contributed by atoms with Crippen molar-refractivity contribution >= 4 is 5.84 Å². The Morgan fingerprint density at radius 1 is 1.44 bits per heavy atom. The van der Waals surface area contributed by atoms with Crippen molar-refractivity contribution in [2.24, 2.45) is 22.4 Å².